The summed E-state index contributed by atoms with van der Waals surface area (Å²) in [5, 5.41) is 10.1. The third-order valence-corrected chi connectivity index (χ3v) is 3.49. The Balaban J connectivity index is 2.10. The van der Waals surface area contributed by atoms with E-state index in [4.69, 9.17) is 10.5 Å². The summed E-state index contributed by atoms with van der Waals surface area (Å²) in [6.07, 6.45) is 1.62. The van der Waals surface area contributed by atoms with Crippen LogP contribution in [-0.4, -0.2) is 41.7 Å². The maximum Gasteiger partial charge on any atom is 0.256 e. The molecule has 1 amide bonds. The molecule has 1 aliphatic heterocycles. The Morgan fingerprint density at radius 3 is 2.79 bits per heavy atom. The first-order valence-corrected chi connectivity index (χ1v) is 6.45. The number of likely N-dealkylation sites (tertiary alicyclic amines) is 1. The van der Waals surface area contributed by atoms with Crippen molar-refractivity contribution in [3.63, 3.8) is 0 Å². The summed E-state index contributed by atoms with van der Waals surface area (Å²) >= 11 is 0. The average molecular weight is 264 g/mol. The Labute approximate surface area is 113 Å². The second kappa shape index (κ2) is 5.09. The van der Waals surface area contributed by atoms with E-state index >= 15 is 0 Å². The lowest BCUT2D eigenvalue weighted by molar-refractivity contribution is -0.0859. The fraction of sp³-hybridized carbons (Fsp3) is 0.500. The number of aliphatic hydroxyl groups is 1. The lowest BCUT2D eigenvalue weighted by Gasteiger charge is -2.46. The molecule has 2 rings (SSSR count). The number of benzene rings is 1. The van der Waals surface area contributed by atoms with Gasteiger partial charge in [0.2, 0.25) is 0 Å². The minimum Gasteiger partial charge on any atom is -0.495 e. The van der Waals surface area contributed by atoms with Crippen molar-refractivity contribution in [3.8, 4) is 5.75 Å². The summed E-state index contributed by atoms with van der Waals surface area (Å²) in [6, 6.07) is 5.13. The van der Waals surface area contributed by atoms with Gasteiger partial charge in [-0.25, -0.2) is 0 Å². The largest absolute Gasteiger partial charge is 0.495 e. The van der Waals surface area contributed by atoms with Crippen molar-refractivity contribution in [2.24, 2.45) is 0 Å². The standard InChI is InChI=1S/C14H20N2O3/c1-3-7-14(18)8-16(9-14)13(17)10-5-4-6-11(19-2)12(10)15/h4-6,18H,3,7-9,15H2,1-2H3. The Kier molecular flexibility index (Phi) is 3.66. The Morgan fingerprint density at radius 2 is 2.21 bits per heavy atom. The second-order valence-corrected chi connectivity index (χ2v) is 5.06. The molecule has 5 heteroatoms. The predicted octanol–water partition coefficient (Wildman–Crippen LogP) is 1.26. The molecule has 104 valence electrons. The molecular formula is C14H20N2O3. The number of rotatable bonds is 4. The molecule has 1 fully saturated rings. The van der Waals surface area contributed by atoms with Crippen LogP contribution in [0, 0.1) is 0 Å². The molecule has 0 unspecified atom stereocenters. The SMILES string of the molecule is CCCC1(O)CN(C(=O)c2cccc(OC)c2N)C1. The summed E-state index contributed by atoms with van der Waals surface area (Å²) in [5.41, 5.74) is 5.96. The maximum absolute atomic E-state index is 12.3. The molecule has 3 N–H and O–H groups in total. The van der Waals surface area contributed by atoms with Crippen molar-refractivity contribution in [3.05, 3.63) is 23.8 Å². The van der Waals surface area contributed by atoms with Gasteiger partial charge in [-0.3, -0.25) is 4.79 Å². The second-order valence-electron chi connectivity index (χ2n) is 5.06. The van der Waals surface area contributed by atoms with Crippen molar-refractivity contribution >= 4 is 11.6 Å². The van der Waals surface area contributed by atoms with Crippen LogP contribution in [-0.2, 0) is 0 Å². The number of amides is 1. The molecule has 1 aromatic rings. The minimum atomic E-state index is -0.724. The Bertz CT molecular complexity index is 482. The van der Waals surface area contributed by atoms with Gasteiger partial charge in [0, 0.05) is 0 Å². The molecule has 1 saturated heterocycles. The lowest BCUT2D eigenvalue weighted by atomic mass is 9.88. The molecule has 1 aliphatic rings. The number of nitrogens with two attached hydrogens (primary N) is 1. The highest BCUT2D eigenvalue weighted by molar-refractivity contribution is 6.00. The van der Waals surface area contributed by atoms with E-state index in [1.165, 1.54) is 7.11 Å². The molecule has 0 atom stereocenters. The number of carbonyl (C=O) groups excluding carboxylic acids is 1. The summed E-state index contributed by atoms with van der Waals surface area (Å²) in [6.45, 7) is 2.76. The number of para-hydroxylation sites is 1. The first-order chi connectivity index (χ1) is 9.00. The number of nitrogen functional groups attached to an aromatic ring is 1. The van der Waals surface area contributed by atoms with Gasteiger partial charge in [0.25, 0.3) is 5.91 Å². The van der Waals surface area contributed by atoms with Gasteiger partial charge < -0.3 is 20.5 Å². The third kappa shape index (κ3) is 2.51. The van der Waals surface area contributed by atoms with Crippen molar-refractivity contribution in [1.29, 1.82) is 0 Å². The van der Waals surface area contributed by atoms with Crippen molar-refractivity contribution < 1.29 is 14.6 Å². The summed E-state index contributed by atoms with van der Waals surface area (Å²) < 4.78 is 5.10. The predicted molar refractivity (Wildman–Crippen MR) is 73.2 cm³/mol. The van der Waals surface area contributed by atoms with Gasteiger partial charge in [-0.15, -0.1) is 0 Å². The van der Waals surface area contributed by atoms with Crippen molar-refractivity contribution in [1.82, 2.24) is 4.90 Å². The first kappa shape index (κ1) is 13.7. The van der Waals surface area contributed by atoms with E-state index in [9.17, 15) is 9.90 Å². The van der Waals surface area contributed by atoms with Crippen LogP contribution >= 0.6 is 0 Å². The van der Waals surface area contributed by atoms with Crippen LogP contribution in [0.15, 0.2) is 18.2 Å². The van der Waals surface area contributed by atoms with Crippen molar-refractivity contribution in [2.45, 2.75) is 25.4 Å². The monoisotopic (exact) mass is 264 g/mol. The molecule has 0 aliphatic carbocycles. The molecule has 1 heterocycles. The number of anilines is 1. The molecule has 0 radical (unpaired) electrons. The van der Waals surface area contributed by atoms with Gasteiger partial charge in [-0.2, -0.15) is 0 Å². The van der Waals surface area contributed by atoms with Gasteiger partial charge in [-0.1, -0.05) is 19.4 Å². The number of hydrogen-bond donors (Lipinski definition) is 2. The van der Waals surface area contributed by atoms with Crippen LogP contribution in [0.1, 0.15) is 30.1 Å². The smallest absolute Gasteiger partial charge is 0.256 e. The number of carbonyl (C=O) groups is 1. The topological polar surface area (TPSA) is 75.8 Å². The van der Waals surface area contributed by atoms with Crippen LogP contribution in [0.25, 0.3) is 0 Å². The van der Waals surface area contributed by atoms with E-state index in [0.29, 0.717) is 36.5 Å². The van der Waals surface area contributed by atoms with Crippen molar-refractivity contribution in [2.75, 3.05) is 25.9 Å². The number of nitrogens with zero attached hydrogens (tertiary/aromatic N) is 1. The van der Waals surface area contributed by atoms with Crippen LogP contribution in [0.2, 0.25) is 0 Å². The summed E-state index contributed by atoms with van der Waals surface area (Å²) in [4.78, 5) is 13.9. The fourth-order valence-electron chi connectivity index (χ4n) is 2.51. The average Bonchev–Trinajstić information content (AvgIpc) is 2.35. The van der Waals surface area contributed by atoms with Gasteiger partial charge in [-0.05, 0) is 18.6 Å². The number of ether oxygens (including phenoxy) is 1. The van der Waals surface area contributed by atoms with Gasteiger partial charge in [0.1, 0.15) is 5.75 Å². The highest BCUT2D eigenvalue weighted by Crippen LogP contribution is 2.31. The fourth-order valence-corrected chi connectivity index (χ4v) is 2.51. The third-order valence-electron chi connectivity index (χ3n) is 3.49. The van der Waals surface area contributed by atoms with E-state index in [-0.39, 0.29) is 5.91 Å². The number of β-amino-alcohol motifs (C(OH)–C–C–N with tert-alkyl or cyclic N) is 1. The zero-order valence-corrected chi connectivity index (χ0v) is 11.3. The molecule has 1 aromatic carbocycles. The molecule has 5 nitrogen and oxygen atoms in total. The molecule has 19 heavy (non-hydrogen) atoms. The van der Waals surface area contributed by atoms with Crippen LogP contribution in [0.5, 0.6) is 5.75 Å². The number of hydrogen-bond acceptors (Lipinski definition) is 4. The van der Waals surface area contributed by atoms with E-state index in [1.54, 1.807) is 23.1 Å². The van der Waals surface area contributed by atoms with Crippen LogP contribution < -0.4 is 10.5 Å². The normalized spacial score (nSPS) is 16.9. The Morgan fingerprint density at radius 1 is 1.53 bits per heavy atom. The molecule has 0 saturated carbocycles. The molecule has 0 aromatic heterocycles. The highest BCUT2D eigenvalue weighted by Gasteiger charge is 2.43. The number of methoxy groups -OCH3 is 1. The summed E-state index contributed by atoms with van der Waals surface area (Å²) in [5.74, 6) is 0.340. The highest BCUT2D eigenvalue weighted by atomic mass is 16.5. The van der Waals surface area contributed by atoms with Gasteiger partial charge in [0.15, 0.2) is 0 Å². The van der Waals surface area contributed by atoms with E-state index in [1.807, 2.05) is 6.92 Å². The summed E-state index contributed by atoms with van der Waals surface area (Å²) in [7, 11) is 1.52. The van der Waals surface area contributed by atoms with E-state index in [2.05, 4.69) is 0 Å². The van der Waals surface area contributed by atoms with E-state index in [0.717, 1.165) is 6.42 Å². The quantitative estimate of drug-likeness (QED) is 0.803. The minimum absolute atomic E-state index is 0.155. The lowest BCUT2D eigenvalue weighted by Crippen LogP contribution is -2.63. The molecule has 0 bridgehead atoms. The van der Waals surface area contributed by atoms with Gasteiger partial charge >= 0.3 is 0 Å². The van der Waals surface area contributed by atoms with Gasteiger partial charge in [0.05, 0.1) is 37.1 Å². The maximum atomic E-state index is 12.3. The van der Waals surface area contributed by atoms with Crippen LogP contribution in [0.4, 0.5) is 5.69 Å². The Hall–Kier alpha value is -1.75. The van der Waals surface area contributed by atoms with E-state index < -0.39 is 5.60 Å². The van der Waals surface area contributed by atoms with Crippen LogP contribution in [0.3, 0.4) is 0 Å². The zero-order chi connectivity index (χ0) is 14.0. The molecular weight excluding hydrogens is 244 g/mol. The first-order valence-electron chi connectivity index (χ1n) is 6.45. The molecule has 0 spiro atoms. The zero-order valence-electron chi connectivity index (χ0n) is 11.3.